The number of benzene rings is 2. The zero-order valence-corrected chi connectivity index (χ0v) is 19.1. The molecule has 6 rings (SSSR count). The summed E-state index contributed by atoms with van der Waals surface area (Å²) in [7, 11) is 0. The molecule has 4 aliphatic rings. The van der Waals surface area contributed by atoms with Crippen LogP contribution in [-0.4, -0.2) is 34.7 Å². The lowest BCUT2D eigenvalue weighted by Crippen LogP contribution is -2.53. The molecule has 6 heteroatoms. The first-order valence-electron chi connectivity index (χ1n) is 12.3. The second kappa shape index (κ2) is 8.20. The van der Waals surface area contributed by atoms with Crippen LogP contribution >= 0.6 is 0 Å². The van der Waals surface area contributed by atoms with E-state index in [1.807, 2.05) is 54.6 Å². The van der Waals surface area contributed by atoms with Crippen LogP contribution < -0.4 is 10.6 Å². The number of carbonyl (C=O) groups is 3. The zero-order valence-electron chi connectivity index (χ0n) is 19.1. The minimum Gasteiger partial charge on any atom is -0.325 e. The lowest BCUT2D eigenvalue weighted by Gasteiger charge is -2.31. The number of allylic oxidation sites excluding steroid dienone is 1. The lowest BCUT2D eigenvalue weighted by atomic mass is 9.75. The molecule has 2 saturated heterocycles. The standard InChI is InChI=1S/C28H29N3O3/c32-25-22-23-26(33)31(16-15-18-9-3-1-4-10-18)27(34)28(23,17-19-11-5-2-6-12-19)30-24(22)20-13-7-8-14-21(20)29-25/h2,5-9,11-14,22-24,30H,1,3-4,10,15-17H2,(H,29,32)/t22-,23-,24-,28-/m0/s1. The molecule has 2 aromatic rings. The molecule has 0 radical (unpaired) electrons. The maximum Gasteiger partial charge on any atom is 0.250 e. The number of nitrogens with zero attached hydrogens (tertiary/aromatic N) is 1. The molecule has 0 bridgehead atoms. The number of amides is 3. The van der Waals surface area contributed by atoms with Gasteiger partial charge in [-0.3, -0.25) is 24.6 Å². The first kappa shape index (κ1) is 21.3. The van der Waals surface area contributed by atoms with Crippen LogP contribution in [0.5, 0.6) is 0 Å². The quantitative estimate of drug-likeness (QED) is 0.532. The number of carbonyl (C=O) groups excluding carboxylic acids is 3. The highest BCUT2D eigenvalue weighted by atomic mass is 16.2. The zero-order chi connectivity index (χ0) is 23.3. The van der Waals surface area contributed by atoms with Gasteiger partial charge in [-0.25, -0.2) is 0 Å². The number of rotatable bonds is 5. The Balaban J connectivity index is 1.38. The Morgan fingerprint density at radius 2 is 1.76 bits per heavy atom. The van der Waals surface area contributed by atoms with E-state index >= 15 is 0 Å². The summed E-state index contributed by atoms with van der Waals surface area (Å²) in [5.74, 6) is -1.93. The van der Waals surface area contributed by atoms with Crippen molar-refractivity contribution >= 4 is 23.4 Å². The van der Waals surface area contributed by atoms with Gasteiger partial charge in [-0.15, -0.1) is 0 Å². The van der Waals surface area contributed by atoms with Crippen LogP contribution in [0, 0.1) is 11.8 Å². The summed E-state index contributed by atoms with van der Waals surface area (Å²) in [6.45, 7) is 0.383. The minimum atomic E-state index is -1.12. The van der Waals surface area contributed by atoms with Crippen molar-refractivity contribution in [2.24, 2.45) is 11.8 Å². The van der Waals surface area contributed by atoms with Crippen molar-refractivity contribution in [3.8, 4) is 0 Å². The number of fused-ring (bicyclic) bond motifs is 5. The summed E-state index contributed by atoms with van der Waals surface area (Å²) in [5.41, 5.74) is 2.87. The fraction of sp³-hybridized carbons (Fsp3) is 0.393. The van der Waals surface area contributed by atoms with E-state index < -0.39 is 17.4 Å². The smallest absolute Gasteiger partial charge is 0.250 e. The molecule has 34 heavy (non-hydrogen) atoms. The van der Waals surface area contributed by atoms with E-state index in [9.17, 15) is 14.4 Å². The molecule has 0 aromatic heterocycles. The number of hydrogen-bond acceptors (Lipinski definition) is 4. The first-order chi connectivity index (χ1) is 16.6. The topological polar surface area (TPSA) is 78.5 Å². The molecule has 174 valence electrons. The monoisotopic (exact) mass is 455 g/mol. The minimum absolute atomic E-state index is 0.186. The normalized spacial score (nSPS) is 29.9. The number of nitrogens with one attached hydrogen (secondary N) is 2. The number of hydrogen-bond donors (Lipinski definition) is 2. The molecule has 6 nitrogen and oxygen atoms in total. The van der Waals surface area contributed by atoms with Gasteiger partial charge in [-0.1, -0.05) is 60.2 Å². The van der Waals surface area contributed by atoms with Crippen LogP contribution in [0.15, 0.2) is 66.2 Å². The molecular formula is C28H29N3O3. The average Bonchev–Trinajstić information content (AvgIpc) is 3.30. The molecule has 1 aliphatic carbocycles. The molecule has 4 atom stereocenters. The van der Waals surface area contributed by atoms with Crippen molar-refractivity contribution in [1.82, 2.24) is 10.2 Å². The van der Waals surface area contributed by atoms with Crippen molar-refractivity contribution in [3.05, 3.63) is 77.4 Å². The van der Waals surface area contributed by atoms with Crippen molar-refractivity contribution in [1.29, 1.82) is 0 Å². The summed E-state index contributed by atoms with van der Waals surface area (Å²) in [4.78, 5) is 42.6. The average molecular weight is 456 g/mol. The second-order valence-corrected chi connectivity index (χ2v) is 9.99. The third kappa shape index (κ3) is 3.23. The molecule has 3 aliphatic heterocycles. The Bertz CT molecular complexity index is 1190. The molecule has 2 aromatic carbocycles. The van der Waals surface area contributed by atoms with Crippen molar-refractivity contribution in [3.63, 3.8) is 0 Å². The maximum atomic E-state index is 14.0. The highest BCUT2D eigenvalue weighted by Crippen LogP contribution is 2.53. The number of para-hydroxylation sites is 1. The van der Waals surface area contributed by atoms with Gasteiger partial charge in [0.05, 0.1) is 11.8 Å². The van der Waals surface area contributed by atoms with Gasteiger partial charge in [0.15, 0.2) is 0 Å². The van der Waals surface area contributed by atoms with E-state index in [1.54, 1.807) is 0 Å². The van der Waals surface area contributed by atoms with E-state index in [2.05, 4.69) is 16.7 Å². The summed E-state index contributed by atoms with van der Waals surface area (Å²) >= 11 is 0. The van der Waals surface area contributed by atoms with Crippen LogP contribution in [0.4, 0.5) is 5.69 Å². The fourth-order valence-corrected chi connectivity index (χ4v) is 6.45. The highest BCUT2D eigenvalue weighted by molar-refractivity contribution is 6.14. The van der Waals surface area contributed by atoms with Gasteiger partial charge in [0.1, 0.15) is 5.54 Å². The van der Waals surface area contributed by atoms with E-state index in [0.29, 0.717) is 13.0 Å². The van der Waals surface area contributed by atoms with Gasteiger partial charge in [0.25, 0.3) is 5.91 Å². The largest absolute Gasteiger partial charge is 0.325 e. The predicted molar refractivity (Wildman–Crippen MR) is 129 cm³/mol. The molecule has 3 heterocycles. The van der Waals surface area contributed by atoms with Gasteiger partial charge in [-0.05, 0) is 49.3 Å². The molecule has 2 N–H and O–H groups in total. The maximum absolute atomic E-state index is 14.0. The summed E-state index contributed by atoms with van der Waals surface area (Å²) in [6, 6.07) is 17.1. The Kier molecular flexibility index (Phi) is 5.14. The van der Waals surface area contributed by atoms with Gasteiger partial charge < -0.3 is 5.32 Å². The fourth-order valence-electron chi connectivity index (χ4n) is 6.45. The molecule has 0 spiro atoms. The third-order valence-electron chi connectivity index (χ3n) is 8.04. The van der Waals surface area contributed by atoms with Crippen LogP contribution in [0.2, 0.25) is 0 Å². The third-order valence-corrected chi connectivity index (χ3v) is 8.04. The molecule has 3 amide bonds. The van der Waals surface area contributed by atoms with Crippen LogP contribution in [-0.2, 0) is 20.8 Å². The number of imide groups is 1. The summed E-state index contributed by atoms with van der Waals surface area (Å²) in [6.07, 6.45) is 7.84. The Morgan fingerprint density at radius 3 is 2.56 bits per heavy atom. The predicted octanol–water partition coefficient (Wildman–Crippen LogP) is 3.76. The number of likely N-dealkylation sites (tertiary alicyclic amines) is 1. The highest BCUT2D eigenvalue weighted by Gasteiger charge is 2.69. The van der Waals surface area contributed by atoms with Crippen LogP contribution in [0.1, 0.15) is 49.3 Å². The molecule has 0 unspecified atom stereocenters. The summed E-state index contributed by atoms with van der Waals surface area (Å²) in [5, 5.41) is 6.55. The first-order valence-corrected chi connectivity index (χ1v) is 12.3. The second-order valence-electron chi connectivity index (χ2n) is 9.99. The van der Waals surface area contributed by atoms with E-state index in [4.69, 9.17) is 0 Å². The van der Waals surface area contributed by atoms with Crippen LogP contribution in [0.3, 0.4) is 0 Å². The molecule has 0 saturated carbocycles. The Labute approximate surface area is 199 Å². The Morgan fingerprint density at radius 1 is 0.971 bits per heavy atom. The van der Waals surface area contributed by atoms with Crippen molar-refractivity contribution < 1.29 is 14.4 Å². The van der Waals surface area contributed by atoms with Crippen molar-refractivity contribution in [2.75, 3.05) is 11.9 Å². The van der Waals surface area contributed by atoms with Gasteiger partial charge >= 0.3 is 0 Å². The van der Waals surface area contributed by atoms with Gasteiger partial charge in [-0.2, -0.15) is 0 Å². The molecule has 2 fully saturated rings. The Hall–Kier alpha value is -3.25. The summed E-state index contributed by atoms with van der Waals surface area (Å²) < 4.78 is 0. The van der Waals surface area contributed by atoms with Gasteiger partial charge in [0, 0.05) is 24.7 Å². The number of anilines is 1. The van der Waals surface area contributed by atoms with E-state index in [1.165, 1.54) is 23.3 Å². The van der Waals surface area contributed by atoms with Gasteiger partial charge in [0.2, 0.25) is 11.8 Å². The van der Waals surface area contributed by atoms with E-state index in [0.717, 1.165) is 36.1 Å². The SMILES string of the molecule is O=C1Nc2ccccc2[C@@H]2N[C@]3(Cc4ccccc4)C(=O)N(CCC4=CCCCC4)C(=O)[C@@H]3[C@H]12. The van der Waals surface area contributed by atoms with Crippen LogP contribution in [0.25, 0.3) is 0 Å². The van der Waals surface area contributed by atoms with E-state index in [-0.39, 0.29) is 23.8 Å². The lowest BCUT2D eigenvalue weighted by molar-refractivity contribution is -0.142. The van der Waals surface area contributed by atoms with Crippen molar-refractivity contribution in [2.45, 2.75) is 50.1 Å². The molecular weight excluding hydrogens is 426 g/mol.